The smallest absolute Gasteiger partial charge is 0.228 e. The molecule has 1 amide bonds. The molecule has 0 bridgehead atoms. The number of aliphatic hydroxyl groups excluding tert-OH is 1. The average molecular weight is 328 g/mol. The van der Waals surface area contributed by atoms with Gasteiger partial charge in [0, 0.05) is 30.9 Å². The Kier molecular flexibility index (Phi) is 6.63. The minimum atomic E-state index is -0.00587. The molecule has 0 aliphatic rings. The van der Waals surface area contributed by atoms with Gasteiger partial charge < -0.3 is 20.1 Å². The van der Waals surface area contributed by atoms with Crippen molar-refractivity contribution in [1.82, 2.24) is 0 Å². The normalized spacial score (nSPS) is 11.6. The maximum absolute atomic E-state index is 12.4. The van der Waals surface area contributed by atoms with E-state index in [0.29, 0.717) is 12.2 Å². The number of benzene rings is 2. The highest BCUT2D eigenvalue weighted by molar-refractivity contribution is 5.93. The fourth-order valence-electron chi connectivity index (χ4n) is 2.34. The van der Waals surface area contributed by atoms with E-state index >= 15 is 0 Å². The van der Waals surface area contributed by atoms with Gasteiger partial charge in [-0.25, -0.2) is 0 Å². The van der Waals surface area contributed by atoms with Gasteiger partial charge in [-0.3, -0.25) is 4.79 Å². The predicted octanol–water partition coefficient (Wildman–Crippen LogP) is 2.91. The number of aliphatic hydroxyl groups is 1. The largest absolute Gasteiger partial charge is 0.491 e. The monoisotopic (exact) mass is 328 g/mol. The quantitative estimate of drug-likeness (QED) is 0.782. The zero-order valence-corrected chi connectivity index (χ0v) is 14.1. The molecule has 24 heavy (non-hydrogen) atoms. The van der Waals surface area contributed by atoms with E-state index in [-0.39, 0.29) is 25.2 Å². The van der Waals surface area contributed by atoms with Gasteiger partial charge in [-0.2, -0.15) is 0 Å². The Bertz CT molecular complexity index is 629. The number of carbonyl (C=O) groups excluding carboxylic acids is 1. The summed E-state index contributed by atoms with van der Waals surface area (Å²) in [5.41, 5.74) is 1.81. The SMILES string of the molecule is CC(CC(=O)N(C)c1ccccc1)Nc1ccc(OCCO)cc1. The van der Waals surface area contributed by atoms with Gasteiger partial charge in [-0.05, 0) is 43.3 Å². The lowest BCUT2D eigenvalue weighted by molar-refractivity contribution is -0.118. The summed E-state index contributed by atoms with van der Waals surface area (Å²) in [6, 6.07) is 17.1. The van der Waals surface area contributed by atoms with Crippen molar-refractivity contribution in [2.24, 2.45) is 0 Å². The highest BCUT2D eigenvalue weighted by Gasteiger charge is 2.14. The van der Waals surface area contributed by atoms with E-state index in [2.05, 4.69) is 5.32 Å². The molecule has 0 heterocycles. The molecule has 5 heteroatoms. The van der Waals surface area contributed by atoms with Crippen molar-refractivity contribution in [2.75, 3.05) is 30.5 Å². The minimum Gasteiger partial charge on any atom is -0.491 e. The van der Waals surface area contributed by atoms with Crippen molar-refractivity contribution in [1.29, 1.82) is 0 Å². The van der Waals surface area contributed by atoms with Crippen LogP contribution in [0.4, 0.5) is 11.4 Å². The Balaban J connectivity index is 1.86. The molecule has 5 nitrogen and oxygen atoms in total. The van der Waals surface area contributed by atoms with Crippen molar-refractivity contribution in [2.45, 2.75) is 19.4 Å². The van der Waals surface area contributed by atoms with Crippen LogP contribution in [0, 0.1) is 0 Å². The van der Waals surface area contributed by atoms with Crippen molar-refractivity contribution in [3.8, 4) is 5.75 Å². The summed E-state index contributed by atoms with van der Waals surface area (Å²) < 4.78 is 5.32. The van der Waals surface area contributed by atoms with Gasteiger partial charge in [0.15, 0.2) is 0 Å². The van der Waals surface area contributed by atoms with Crippen LogP contribution < -0.4 is 15.0 Å². The molecule has 2 aromatic carbocycles. The number of para-hydroxylation sites is 1. The van der Waals surface area contributed by atoms with Crippen LogP contribution in [0.2, 0.25) is 0 Å². The first-order chi connectivity index (χ1) is 11.6. The highest BCUT2D eigenvalue weighted by atomic mass is 16.5. The molecule has 2 N–H and O–H groups in total. The number of rotatable bonds is 8. The van der Waals surface area contributed by atoms with Gasteiger partial charge in [0.05, 0.1) is 6.61 Å². The van der Waals surface area contributed by atoms with Crippen LogP contribution in [-0.2, 0) is 4.79 Å². The maximum Gasteiger partial charge on any atom is 0.228 e. The molecule has 0 aliphatic carbocycles. The number of anilines is 2. The molecule has 0 saturated carbocycles. The zero-order chi connectivity index (χ0) is 17.4. The third-order valence-electron chi connectivity index (χ3n) is 3.63. The summed E-state index contributed by atoms with van der Waals surface area (Å²) >= 11 is 0. The van der Waals surface area contributed by atoms with Crippen molar-refractivity contribution < 1.29 is 14.6 Å². The number of nitrogens with zero attached hydrogens (tertiary/aromatic N) is 1. The van der Waals surface area contributed by atoms with Crippen LogP contribution in [0.3, 0.4) is 0 Å². The van der Waals surface area contributed by atoms with Crippen LogP contribution >= 0.6 is 0 Å². The van der Waals surface area contributed by atoms with Gasteiger partial charge in [0.25, 0.3) is 0 Å². The van der Waals surface area contributed by atoms with Crippen molar-refractivity contribution >= 4 is 17.3 Å². The van der Waals surface area contributed by atoms with E-state index in [4.69, 9.17) is 9.84 Å². The zero-order valence-electron chi connectivity index (χ0n) is 14.1. The van der Waals surface area contributed by atoms with E-state index in [1.165, 1.54) is 0 Å². The van der Waals surface area contributed by atoms with E-state index in [1.807, 2.05) is 61.5 Å². The topological polar surface area (TPSA) is 61.8 Å². The molecule has 0 aliphatic heterocycles. The Morgan fingerprint density at radius 3 is 2.46 bits per heavy atom. The molecule has 0 fully saturated rings. The molecular weight excluding hydrogens is 304 g/mol. The second-order valence-electron chi connectivity index (χ2n) is 5.63. The van der Waals surface area contributed by atoms with E-state index in [9.17, 15) is 4.79 Å². The first kappa shape index (κ1) is 17.8. The average Bonchev–Trinajstić information content (AvgIpc) is 2.61. The molecule has 1 atom stereocenters. The lowest BCUT2D eigenvalue weighted by atomic mass is 10.2. The number of carbonyl (C=O) groups is 1. The van der Waals surface area contributed by atoms with Crippen molar-refractivity contribution in [3.05, 3.63) is 54.6 Å². The van der Waals surface area contributed by atoms with Crippen LogP contribution in [0.15, 0.2) is 54.6 Å². The summed E-state index contributed by atoms with van der Waals surface area (Å²) in [5.74, 6) is 0.770. The maximum atomic E-state index is 12.4. The Labute approximate surface area is 142 Å². The van der Waals surface area contributed by atoms with E-state index in [1.54, 1.807) is 11.9 Å². The summed E-state index contributed by atoms with van der Waals surface area (Å²) in [6.45, 7) is 2.25. The van der Waals surface area contributed by atoms with Gasteiger partial charge in [-0.1, -0.05) is 18.2 Å². The molecule has 0 aromatic heterocycles. The lowest BCUT2D eigenvalue weighted by Gasteiger charge is -2.21. The highest BCUT2D eigenvalue weighted by Crippen LogP contribution is 2.18. The minimum absolute atomic E-state index is 0.00587. The number of hydrogen-bond donors (Lipinski definition) is 2. The third kappa shape index (κ3) is 5.28. The fraction of sp³-hybridized carbons (Fsp3) is 0.316. The standard InChI is InChI=1S/C19H24N2O3/c1-15(14-19(23)21(2)17-6-4-3-5-7-17)20-16-8-10-18(11-9-16)24-13-12-22/h3-11,15,20,22H,12-14H2,1-2H3. The van der Waals surface area contributed by atoms with Crippen LogP contribution in [-0.4, -0.2) is 37.3 Å². The molecule has 2 aromatic rings. The Hall–Kier alpha value is -2.53. The van der Waals surface area contributed by atoms with Gasteiger partial charge in [0.1, 0.15) is 12.4 Å². The van der Waals surface area contributed by atoms with Crippen molar-refractivity contribution in [3.63, 3.8) is 0 Å². The predicted molar refractivity (Wildman–Crippen MR) is 96.6 cm³/mol. The van der Waals surface area contributed by atoms with Crippen LogP contribution in [0.5, 0.6) is 5.75 Å². The Morgan fingerprint density at radius 2 is 1.83 bits per heavy atom. The fourth-order valence-corrected chi connectivity index (χ4v) is 2.34. The molecule has 1 unspecified atom stereocenters. The van der Waals surface area contributed by atoms with E-state index in [0.717, 1.165) is 11.4 Å². The first-order valence-electron chi connectivity index (χ1n) is 8.02. The summed E-state index contributed by atoms with van der Waals surface area (Å²) in [6.07, 6.45) is 0.397. The first-order valence-corrected chi connectivity index (χ1v) is 8.02. The molecular formula is C19H24N2O3. The second-order valence-corrected chi connectivity index (χ2v) is 5.63. The number of hydrogen-bond acceptors (Lipinski definition) is 4. The second kappa shape index (κ2) is 8.93. The molecule has 0 radical (unpaired) electrons. The summed E-state index contributed by atoms with van der Waals surface area (Å²) in [4.78, 5) is 14.0. The van der Waals surface area contributed by atoms with Gasteiger partial charge in [0.2, 0.25) is 5.91 Å². The molecule has 0 saturated heterocycles. The Morgan fingerprint density at radius 1 is 1.17 bits per heavy atom. The summed E-state index contributed by atoms with van der Waals surface area (Å²) in [5, 5.41) is 12.0. The molecule has 128 valence electrons. The lowest BCUT2D eigenvalue weighted by Crippen LogP contribution is -2.31. The third-order valence-corrected chi connectivity index (χ3v) is 3.63. The summed E-state index contributed by atoms with van der Waals surface area (Å²) in [7, 11) is 1.79. The number of amides is 1. The number of nitrogens with one attached hydrogen (secondary N) is 1. The van der Waals surface area contributed by atoms with Crippen LogP contribution in [0.25, 0.3) is 0 Å². The van der Waals surface area contributed by atoms with E-state index < -0.39 is 0 Å². The molecule has 0 spiro atoms. The number of ether oxygens (including phenoxy) is 1. The van der Waals surface area contributed by atoms with Crippen LogP contribution in [0.1, 0.15) is 13.3 Å². The van der Waals surface area contributed by atoms with Gasteiger partial charge >= 0.3 is 0 Å². The molecule has 2 rings (SSSR count). The van der Waals surface area contributed by atoms with Gasteiger partial charge in [-0.15, -0.1) is 0 Å².